The smallest absolute Gasteiger partial charge is 0.313 e. The highest BCUT2D eigenvalue weighted by atomic mass is 35.5. The zero-order valence-electron chi connectivity index (χ0n) is 57.7. The molecule has 0 saturated carbocycles. The van der Waals surface area contributed by atoms with E-state index in [1.807, 2.05) is 224 Å². The minimum Gasteiger partial charge on any atom is -0.469 e. The van der Waals surface area contributed by atoms with Gasteiger partial charge in [-0.25, -0.2) is 9.97 Å². The molecule has 2 aromatic heterocycles. The zero-order chi connectivity index (χ0) is 70.0. The van der Waals surface area contributed by atoms with Crippen molar-refractivity contribution in [1.82, 2.24) is 25.1 Å². The van der Waals surface area contributed by atoms with Gasteiger partial charge in [-0.2, -0.15) is 0 Å². The topological polar surface area (TPSA) is 139 Å². The molecule has 11 nitrogen and oxygen atoms in total. The van der Waals surface area contributed by atoms with E-state index in [0.717, 1.165) is 138 Å². The molecule has 3 atom stereocenters. The molecule has 0 bridgehead atoms. The number of benzene rings is 9. The number of aromatic nitrogens is 2. The first-order valence-electron chi connectivity index (χ1n) is 34.7. The Morgan fingerprint density at radius 3 is 1.74 bits per heavy atom. The molecule has 1 N–H and O–H groups in total. The molecule has 2 aliphatic heterocycles. The Kier molecular flexibility index (Phi) is 25.8. The van der Waals surface area contributed by atoms with Gasteiger partial charge in [0.15, 0.2) is 5.78 Å². The lowest BCUT2D eigenvalue weighted by atomic mass is 9.69. The minimum absolute atomic E-state index is 0. The number of piperidine rings is 2. The maximum Gasteiger partial charge on any atom is 0.313 e. The van der Waals surface area contributed by atoms with Crippen molar-refractivity contribution in [2.45, 2.75) is 101 Å². The highest BCUT2D eigenvalue weighted by molar-refractivity contribution is 6.42. The highest BCUT2D eigenvalue weighted by Gasteiger charge is 2.41. The molecule has 0 radical (unpaired) electrons. The van der Waals surface area contributed by atoms with E-state index in [-0.39, 0.29) is 59.1 Å². The van der Waals surface area contributed by atoms with Crippen molar-refractivity contribution in [3.63, 3.8) is 0 Å². The molecule has 9 aromatic carbocycles. The number of methoxy groups -OCH3 is 1. The summed E-state index contributed by atoms with van der Waals surface area (Å²) >= 11 is 12.8. The summed E-state index contributed by atoms with van der Waals surface area (Å²) in [4.78, 5) is 79.2. The monoisotopic (exact) mass is 1400 g/mol. The second kappa shape index (κ2) is 35.1. The van der Waals surface area contributed by atoms with Gasteiger partial charge in [0.1, 0.15) is 5.78 Å². The molecule has 2 amide bonds. The van der Waals surface area contributed by atoms with Crippen molar-refractivity contribution in [3.8, 4) is 22.5 Å². The molecule has 101 heavy (non-hydrogen) atoms. The number of hydrogen-bond acceptors (Lipinski definition) is 9. The van der Waals surface area contributed by atoms with Crippen LogP contribution in [0.3, 0.4) is 0 Å². The Hall–Kier alpha value is -9.62. The number of rotatable bonds is 20. The molecule has 0 unspecified atom stereocenters. The number of ether oxygens (including phenoxy) is 1. The Balaban J connectivity index is 0.000000166. The van der Waals surface area contributed by atoms with Crippen LogP contribution < -0.4 is 5.32 Å². The number of nitrogens with zero attached hydrogens (tertiary/aromatic N) is 4. The van der Waals surface area contributed by atoms with Crippen LogP contribution in [0, 0.1) is 6.92 Å². The fourth-order valence-electron chi connectivity index (χ4n) is 14.6. The summed E-state index contributed by atoms with van der Waals surface area (Å²) in [6.07, 6.45) is 7.41. The van der Waals surface area contributed by atoms with Gasteiger partial charge in [0.25, 0.3) is 11.8 Å². The third-order valence-electron chi connectivity index (χ3n) is 19.8. The zero-order valence-corrected chi connectivity index (χ0v) is 60.0. The number of esters is 1. The number of halogens is 3. The van der Waals surface area contributed by atoms with Crippen LogP contribution in [0.25, 0.3) is 44.3 Å². The number of Topliss-reactive ketones (excluding diaryl/α,β-unsaturated/α-hetero) is 2. The molecular formula is C87H86Cl3N5O6. The van der Waals surface area contributed by atoms with Crippen molar-refractivity contribution in [3.05, 3.63) is 309 Å². The van der Waals surface area contributed by atoms with E-state index in [1.165, 1.54) is 18.2 Å². The van der Waals surface area contributed by atoms with Gasteiger partial charge in [-0.3, -0.25) is 24.0 Å². The number of fused-ring (bicyclic) bond motifs is 2. The van der Waals surface area contributed by atoms with Gasteiger partial charge in [0.05, 0.1) is 57.1 Å². The average molecular weight is 1400 g/mol. The normalized spacial score (nSPS) is 15.4. The van der Waals surface area contributed by atoms with Gasteiger partial charge in [-0.15, -0.1) is 12.4 Å². The fraction of sp³-hybridized carbons (Fsp3) is 0.253. The molecular weight excluding hydrogens is 1320 g/mol. The maximum atomic E-state index is 13.5. The lowest BCUT2D eigenvalue weighted by Crippen LogP contribution is -2.49. The molecule has 13 rings (SSSR count). The van der Waals surface area contributed by atoms with Crippen molar-refractivity contribution < 1.29 is 28.7 Å². The number of likely N-dealkylation sites (tertiary alicyclic amines) is 2. The molecule has 2 fully saturated rings. The Morgan fingerprint density at radius 1 is 0.584 bits per heavy atom. The number of amides is 2. The van der Waals surface area contributed by atoms with Crippen LogP contribution in [0.4, 0.5) is 0 Å². The molecule has 2 saturated heterocycles. The number of para-hydroxylation sites is 2. The third-order valence-corrected chi connectivity index (χ3v) is 20.6. The van der Waals surface area contributed by atoms with E-state index in [4.69, 9.17) is 37.9 Å². The van der Waals surface area contributed by atoms with E-state index >= 15 is 0 Å². The molecule has 516 valence electrons. The first-order valence-corrected chi connectivity index (χ1v) is 35.4. The number of hydrogen-bond donors (Lipinski definition) is 1. The molecule has 11 aromatic rings. The standard InChI is InChI=1S/C35H40Cl2N2O2.C26H24N2O.C26H21NO3.ClH/c1-27(40)25-34(29-12-6-3-7-13-29)18-22-38(23-19-34)20-8-16-35(30-14-15-31(36)32(37)24-30)17-9-21-39(26-35)33(41)28-10-4-2-5-11-28;1-3-22(19-12-6-4-7-13-19)28-26(29)24-18(2)25(20-14-8-5-9-15-20)27-23-17-11-10-16-21(23)24;1-30-26(29)21(18-10-4-2-5-11-18)17-25(28)22-16-24(19-12-6-3-7-13-19)27-23-15-9-8-14-20(22)23;/h2-7,10-15,24H,8-9,16-23,25-26H2,1H3;4-17,22H,3H2,1-2H3,(H,28,29);2-16,21H,17H2,1H3;1H/t35-;22-;21-;/m001./s1. The first-order chi connectivity index (χ1) is 48.7. The minimum atomic E-state index is -0.657. The van der Waals surface area contributed by atoms with Crippen LogP contribution in [0.5, 0.6) is 0 Å². The number of pyridine rings is 2. The Bertz CT molecular complexity index is 4600. The van der Waals surface area contributed by atoms with Crippen LogP contribution >= 0.6 is 35.6 Å². The van der Waals surface area contributed by atoms with E-state index in [9.17, 15) is 24.0 Å². The predicted octanol–water partition coefficient (Wildman–Crippen LogP) is 19.9. The first kappa shape index (κ1) is 74.1. The van der Waals surface area contributed by atoms with Crippen molar-refractivity contribution in [2.75, 3.05) is 39.8 Å². The van der Waals surface area contributed by atoms with Crippen LogP contribution in [-0.2, 0) is 25.2 Å². The van der Waals surface area contributed by atoms with Gasteiger partial charge in [-0.1, -0.05) is 242 Å². The van der Waals surface area contributed by atoms with Gasteiger partial charge in [0, 0.05) is 69.8 Å². The van der Waals surface area contributed by atoms with Crippen molar-refractivity contribution >= 4 is 86.8 Å². The number of nitrogens with one attached hydrogen (secondary N) is 1. The van der Waals surface area contributed by atoms with Gasteiger partial charge < -0.3 is 19.9 Å². The summed E-state index contributed by atoms with van der Waals surface area (Å²) in [5.74, 6) is -0.905. The van der Waals surface area contributed by atoms with Crippen LogP contribution in [0.2, 0.25) is 10.0 Å². The maximum absolute atomic E-state index is 13.5. The van der Waals surface area contributed by atoms with E-state index < -0.39 is 11.9 Å². The molecule has 0 aliphatic carbocycles. The summed E-state index contributed by atoms with van der Waals surface area (Å²) in [6.45, 7) is 10.2. The summed E-state index contributed by atoms with van der Waals surface area (Å²) in [6, 6.07) is 82.6. The van der Waals surface area contributed by atoms with Crippen LogP contribution in [-0.4, -0.2) is 89.0 Å². The van der Waals surface area contributed by atoms with E-state index in [1.54, 1.807) is 6.92 Å². The lowest BCUT2D eigenvalue weighted by Gasteiger charge is -2.45. The van der Waals surface area contributed by atoms with E-state index in [0.29, 0.717) is 34.1 Å². The highest BCUT2D eigenvalue weighted by Crippen LogP contribution is 2.43. The molecule has 14 heteroatoms. The second-order valence-corrected chi connectivity index (χ2v) is 27.1. The van der Waals surface area contributed by atoms with Crippen LogP contribution in [0.15, 0.2) is 255 Å². The van der Waals surface area contributed by atoms with Gasteiger partial charge >= 0.3 is 5.97 Å². The Morgan fingerprint density at radius 2 is 1.14 bits per heavy atom. The average Bonchev–Trinajstić information content (AvgIpc) is 0.795. The quantitative estimate of drug-likeness (QED) is 0.0584. The molecule has 0 spiro atoms. The van der Waals surface area contributed by atoms with Crippen LogP contribution in [0.1, 0.15) is 142 Å². The summed E-state index contributed by atoms with van der Waals surface area (Å²) in [5, 5.41) is 6.02. The largest absolute Gasteiger partial charge is 0.469 e. The van der Waals surface area contributed by atoms with Crippen molar-refractivity contribution in [1.29, 1.82) is 0 Å². The summed E-state index contributed by atoms with van der Waals surface area (Å²) in [7, 11) is 1.35. The van der Waals surface area contributed by atoms with E-state index in [2.05, 4.69) is 59.6 Å². The number of carbonyl (C=O) groups is 5. The predicted molar refractivity (Wildman–Crippen MR) is 411 cm³/mol. The fourth-order valence-corrected chi connectivity index (χ4v) is 14.9. The SMILES string of the molecule is CC(=O)CC1(c2ccccc2)CCN(CCC[C@]2(c3ccc(Cl)c(Cl)c3)CCCN(C(=O)c3ccccc3)C2)CC1.CC[C@H](NC(=O)c1c(C)c(-c2ccccc2)nc2ccccc12)c1ccccc1.COC(=O)[C@H](CC(=O)c1cc(-c2ccccc2)nc2ccccc12)c1ccccc1.Cl. The third kappa shape index (κ3) is 18.1. The lowest BCUT2D eigenvalue weighted by molar-refractivity contribution is -0.142. The number of ketones is 2. The summed E-state index contributed by atoms with van der Waals surface area (Å²) < 4.78 is 4.98. The Labute approximate surface area is 609 Å². The number of carbonyl (C=O) groups excluding carboxylic acids is 5. The van der Waals surface area contributed by atoms with Crippen molar-refractivity contribution in [2.24, 2.45) is 0 Å². The molecule has 2 aliphatic rings. The van der Waals surface area contributed by atoms with Gasteiger partial charge in [0.2, 0.25) is 0 Å². The van der Waals surface area contributed by atoms with Gasteiger partial charge in [-0.05, 0) is 149 Å². The molecule has 4 heterocycles. The second-order valence-electron chi connectivity index (χ2n) is 26.3. The summed E-state index contributed by atoms with van der Waals surface area (Å²) in [5.41, 5.74) is 12.1.